The van der Waals surface area contributed by atoms with Gasteiger partial charge in [-0.3, -0.25) is 4.79 Å². The molecular formula is C14H24NO4P. The van der Waals surface area contributed by atoms with Crippen molar-refractivity contribution in [1.82, 2.24) is 5.09 Å². The Morgan fingerprint density at radius 3 is 2.70 bits per heavy atom. The van der Waals surface area contributed by atoms with Gasteiger partial charge in [0.15, 0.2) is 0 Å². The zero-order chi connectivity index (χ0) is 15.2. The van der Waals surface area contributed by atoms with Crippen molar-refractivity contribution in [3.63, 3.8) is 0 Å². The Morgan fingerprint density at radius 2 is 2.20 bits per heavy atom. The van der Waals surface area contributed by atoms with E-state index in [1.165, 1.54) is 0 Å². The van der Waals surface area contributed by atoms with Crippen molar-refractivity contribution in [1.29, 1.82) is 0 Å². The van der Waals surface area contributed by atoms with Crippen molar-refractivity contribution in [3.05, 3.63) is 24.0 Å². The van der Waals surface area contributed by atoms with Gasteiger partial charge >= 0.3 is 14.5 Å². The fourth-order valence-corrected chi connectivity index (χ4v) is 2.88. The minimum absolute atomic E-state index is 0.331. The van der Waals surface area contributed by atoms with Crippen LogP contribution in [0.5, 0.6) is 0 Å². The number of rotatable bonds is 4. The first-order valence-electron chi connectivity index (χ1n) is 6.98. The molecule has 0 aromatic carbocycles. The maximum absolute atomic E-state index is 11.6. The van der Waals surface area contributed by atoms with Gasteiger partial charge in [0, 0.05) is 12.8 Å². The summed E-state index contributed by atoms with van der Waals surface area (Å²) in [7, 11) is -1.84. The van der Waals surface area contributed by atoms with Crippen LogP contribution in [0.2, 0.25) is 0 Å². The summed E-state index contributed by atoms with van der Waals surface area (Å²) in [4.78, 5) is 21.4. The lowest BCUT2D eigenvalue weighted by molar-refractivity contribution is -0.147. The highest BCUT2D eigenvalue weighted by atomic mass is 31.2. The fraction of sp³-hybridized carbons (Fsp3) is 0.643. The molecule has 0 aromatic heterocycles. The van der Waals surface area contributed by atoms with Crippen molar-refractivity contribution in [2.45, 2.75) is 58.6 Å². The highest BCUT2D eigenvalue weighted by molar-refractivity contribution is 7.44. The number of carbonyl (C=O) groups is 1. The number of esters is 1. The third-order valence-electron chi connectivity index (χ3n) is 2.80. The summed E-state index contributed by atoms with van der Waals surface area (Å²) in [6.45, 7) is 7.70. The van der Waals surface area contributed by atoms with Crippen molar-refractivity contribution in [2.24, 2.45) is 0 Å². The van der Waals surface area contributed by atoms with Crippen LogP contribution in [0, 0.1) is 0 Å². The zero-order valence-corrected chi connectivity index (χ0v) is 13.4. The second-order valence-corrected chi connectivity index (χ2v) is 6.02. The lowest BCUT2D eigenvalue weighted by Crippen LogP contribution is -2.29. The van der Waals surface area contributed by atoms with E-state index >= 15 is 0 Å². The van der Waals surface area contributed by atoms with E-state index in [9.17, 15) is 9.69 Å². The highest BCUT2D eigenvalue weighted by Gasteiger charge is 2.41. The van der Waals surface area contributed by atoms with E-state index < -0.39 is 20.2 Å². The smallest absolute Gasteiger partial charge is 0.324 e. The third-order valence-corrected chi connectivity index (χ3v) is 3.74. The topological polar surface area (TPSA) is 67.8 Å². The molecule has 1 heterocycles. The average molecular weight is 301 g/mol. The van der Waals surface area contributed by atoms with Crippen LogP contribution in [0.3, 0.4) is 0 Å². The molecule has 2 atom stereocenters. The summed E-state index contributed by atoms with van der Waals surface area (Å²) in [6, 6.07) is -0.490. The van der Waals surface area contributed by atoms with Gasteiger partial charge in [0.2, 0.25) is 0 Å². The van der Waals surface area contributed by atoms with E-state index in [4.69, 9.17) is 9.26 Å². The van der Waals surface area contributed by atoms with Gasteiger partial charge < -0.3 is 14.2 Å². The summed E-state index contributed by atoms with van der Waals surface area (Å²) in [5, 5.41) is 2.79. The van der Waals surface area contributed by atoms with Crippen molar-refractivity contribution >= 4 is 14.5 Å². The predicted octanol–water partition coefficient (Wildman–Crippen LogP) is 3.17. The summed E-state index contributed by atoms with van der Waals surface area (Å²) in [5.74, 6) is 0.409. The molecule has 0 amide bonds. The van der Waals surface area contributed by atoms with Gasteiger partial charge in [0.1, 0.15) is 17.4 Å². The van der Waals surface area contributed by atoms with E-state index in [-0.39, 0.29) is 5.97 Å². The quantitative estimate of drug-likeness (QED) is 0.616. The van der Waals surface area contributed by atoms with E-state index in [2.05, 4.69) is 5.09 Å². The standard InChI is InChI=1S/C12H18NO4P.C2H6/c1-12(2)8-10(11(14)16-12)13-18(15)17-9-6-4-3-5-7-9;1-2/h3-4,6,10,13,15H,5,7-8H2,1-2H3;1-2H3. The molecule has 114 valence electrons. The molecule has 0 radical (unpaired) electrons. The maximum Gasteiger partial charge on any atom is 0.324 e. The lowest BCUT2D eigenvalue weighted by Gasteiger charge is -2.18. The van der Waals surface area contributed by atoms with Crippen molar-refractivity contribution < 1.29 is 18.9 Å². The van der Waals surface area contributed by atoms with E-state index in [1.807, 2.05) is 45.9 Å². The SMILES string of the molecule is CC.CC1(C)CC(NP(O)OC2=CC=CCC2)C(=O)O1. The minimum atomic E-state index is -1.84. The molecule has 1 saturated heterocycles. The zero-order valence-electron chi connectivity index (χ0n) is 12.5. The number of hydrogen-bond acceptors (Lipinski definition) is 5. The first kappa shape index (κ1) is 17.2. The van der Waals surface area contributed by atoms with Crippen LogP contribution in [0.25, 0.3) is 0 Å². The van der Waals surface area contributed by atoms with Gasteiger partial charge in [-0.1, -0.05) is 26.0 Å². The summed E-state index contributed by atoms with van der Waals surface area (Å²) >= 11 is 0. The van der Waals surface area contributed by atoms with E-state index in [0.29, 0.717) is 6.42 Å². The summed E-state index contributed by atoms with van der Waals surface area (Å²) in [6.07, 6.45) is 7.98. The van der Waals surface area contributed by atoms with E-state index in [0.717, 1.165) is 18.6 Å². The van der Waals surface area contributed by atoms with Gasteiger partial charge in [-0.15, -0.1) is 0 Å². The van der Waals surface area contributed by atoms with Gasteiger partial charge in [0.25, 0.3) is 0 Å². The Labute approximate surface area is 122 Å². The highest BCUT2D eigenvalue weighted by Crippen LogP contribution is 2.36. The molecule has 1 fully saturated rings. The second kappa shape index (κ2) is 7.77. The van der Waals surface area contributed by atoms with Crippen molar-refractivity contribution in [3.8, 4) is 0 Å². The van der Waals surface area contributed by atoms with Gasteiger partial charge in [-0.25, -0.2) is 5.09 Å². The van der Waals surface area contributed by atoms with Crippen LogP contribution in [0.15, 0.2) is 24.0 Å². The molecule has 2 rings (SSSR count). The largest absolute Gasteiger partial charge is 0.458 e. The van der Waals surface area contributed by atoms with E-state index in [1.54, 1.807) is 0 Å². The minimum Gasteiger partial charge on any atom is -0.458 e. The number of cyclic esters (lactones) is 1. The Kier molecular flexibility index (Phi) is 6.66. The average Bonchev–Trinajstić information content (AvgIpc) is 2.65. The monoisotopic (exact) mass is 301 g/mol. The summed E-state index contributed by atoms with van der Waals surface area (Å²) < 4.78 is 10.5. The Balaban J connectivity index is 0.000000956. The number of nitrogens with one attached hydrogen (secondary N) is 1. The van der Waals surface area contributed by atoms with Crippen LogP contribution >= 0.6 is 8.53 Å². The third kappa shape index (κ3) is 5.23. The van der Waals surface area contributed by atoms with Gasteiger partial charge in [-0.2, -0.15) is 0 Å². The first-order valence-corrected chi connectivity index (χ1v) is 8.19. The number of allylic oxidation sites excluding steroid dienone is 4. The normalized spacial score (nSPS) is 25.1. The van der Waals surface area contributed by atoms with Gasteiger partial charge in [0.05, 0.1) is 0 Å². The molecule has 2 aliphatic rings. The van der Waals surface area contributed by atoms with Crippen LogP contribution in [0.4, 0.5) is 0 Å². The van der Waals surface area contributed by atoms with Crippen molar-refractivity contribution in [2.75, 3.05) is 0 Å². The van der Waals surface area contributed by atoms with Crippen LogP contribution in [0.1, 0.15) is 47.0 Å². The lowest BCUT2D eigenvalue weighted by atomic mass is 10.0. The van der Waals surface area contributed by atoms with Gasteiger partial charge in [-0.05, 0) is 26.3 Å². The number of carbonyl (C=O) groups excluding carboxylic acids is 1. The number of hydrogen-bond donors (Lipinski definition) is 2. The fourth-order valence-electron chi connectivity index (χ4n) is 1.99. The molecule has 2 N–H and O–H groups in total. The molecule has 20 heavy (non-hydrogen) atoms. The molecule has 0 saturated carbocycles. The number of ether oxygens (including phenoxy) is 1. The Bertz CT molecular complexity index is 393. The molecule has 6 heteroatoms. The molecule has 1 aliphatic carbocycles. The molecular weight excluding hydrogens is 277 g/mol. The predicted molar refractivity (Wildman–Crippen MR) is 79.7 cm³/mol. The second-order valence-electron chi connectivity index (χ2n) is 5.03. The molecule has 0 bridgehead atoms. The Morgan fingerprint density at radius 1 is 1.50 bits per heavy atom. The van der Waals surface area contributed by atoms with Crippen LogP contribution in [-0.4, -0.2) is 22.5 Å². The molecule has 2 unspecified atom stereocenters. The van der Waals surface area contributed by atoms with Crippen LogP contribution in [-0.2, 0) is 14.1 Å². The Hall–Kier alpha value is -0.900. The maximum atomic E-state index is 11.6. The molecule has 1 aliphatic heterocycles. The first-order chi connectivity index (χ1) is 9.46. The molecule has 5 nitrogen and oxygen atoms in total. The summed E-state index contributed by atoms with van der Waals surface area (Å²) in [5.41, 5.74) is -0.474. The van der Waals surface area contributed by atoms with Crippen LogP contribution < -0.4 is 5.09 Å². The molecule has 0 aromatic rings. The molecule has 0 spiro atoms.